The predicted molar refractivity (Wildman–Crippen MR) is 110 cm³/mol. The highest BCUT2D eigenvalue weighted by Crippen LogP contribution is 2.29. The zero-order valence-corrected chi connectivity index (χ0v) is 16.1. The zero-order chi connectivity index (χ0) is 20.4. The van der Waals surface area contributed by atoms with E-state index in [0.717, 1.165) is 16.7 Å². The van der Waals surface area contributed by atoms with Crippen molar-refractivity contribution in [3.05, 3.63) is 59.8 Å². The van der Waals surface area contributed by atoms with Gasteiger partial charge in [0.2, 0.25) is 0 Å². The Morgan fingerprint density at radius 3 is 2.55 bits per heavy atom. The molecule has 7 nitrogen and oxygen atoms in total. The van der Waals surface area contributed by atoms with Crippen LogP contribution in [-0.2, 0) is 4.74 Å². The van der Waals surface area contributed by atoms with E-state index in [1.807, 2.05) is 30.0 Å². The fraction of sp³-hybridized carbons (Fsp3) is 0.227. The van der Waals surface area contributed by atoms with E-state index in [0.29, 0.717) is 49.1 Å². The summed E-state index contributed by atoms with van der Waals surface area (Å²) in [6, 6.07) is 12.3. The Bertz CT molecular complexity index is 1040. The minimum Gasteiger partial charge on any atom is -0.508 e. The molecule has 1 aromatic heterocycles. The van der Waals surface area contributed by atoms with Gasteiger partial charge in [-0.1, -0.05) is 6.07 Å². The Morgan fingerprint density at radius 1 is 1.14 bits per heavy atom. The van der Waals surface area contributed by atoms with Crippen LogP contribution in [0.25, 0.3) is 22.5 Å². The van der Waals surface area contributed by atoms with Gasteiger partial charge in [-0.2, -0.15) is 0 Å². The van der Waals surface area contributed by atoms with Crippen LogP contribution in [0.2, 0.25) is 0 Å². The second-order valence-electron chi connectivity index (χ2n) is 6.97. The molecule has 1 saturated heterocycles. The molecule has 29 heavy (non-hydrogen) atoms. The number of anilines is 1. The highest BCUT2D eigenvalue weighted by molar-refractivity contribution is 5.95. The lowest BCUT2D eigenvalue weighted by molar-refractivity contribution is 0.0303. The second-order valence-corrected chi connectivity index (χ2v) is 6.97. The maximum absolute atomic E-state index is 12.7. The molecule has 1 amide bonds. The Kier molecular flexibility index (Phi) is 5.14. The fourth-order valence-electron chi connectivity index (χ4n) is 3.39. The quantitative estimate of drug-likeness (QED) is 0.713. The molecular formula is C22H22N4O3. The lowest BCUT2D eigenvalue weighted by Gasteiger charge is -2.27. The third kappa shape index (κ3) is 3.90. The molecule has 1 fully saturated rings. The third-order valence-corrected chi connectivity index (χ3v) is 4.99. The van der Waals surface area contributed by atoms with Crippen LogP contribution in [0.4, 0.5) is 5.82 Å². The summed E-state index contributed by atoms with van der Waals surface area (Å²) in [5.41, 5.74) is 10.5. The van der Waals surface area contributed by atoms with Crippen molar-refractivity contribution >= 4 is 11.7 Å². The number of hydrogen-bond acceptors (Lipinski definition) is 6. The van der Waals surface area contributed by atoms with Crippen LogP contribution in [0.3, 0.4) is 0 Å². The lowest BCUT2D eigenvalue weighted by Crippen LogP contribution is -2.40. The van der Waals surface area contributed by atoms with Crippen LogP contribution in [-0.4, -0.2) is 52.2 Å². The molecule has 3 aromatic rings. The van der Waals surface area contributed by atoms with Gasteiger partial charge in [0.05, 0.1) is 25.1 Å². The number of morpholine rings is 1. The number of nitrogen functional groups attached to an aromatic ring is 1. The number of hydrogen-bond donors (Lipinski definition) is 2. The molecular weight excluding hydrogens is 368 g/mol. The molecule has 2 heterocycles. The van der Waals surface area contributed by atoms with Crippen molar-refractivity contribution in [3.63, 3.8) is 0 Å². The topological polar surface area (TPSA) is 102 Å². The van der Waals surface area contributed by atoms with Crippen molar-refractivity contribution < 1.29 is 14.6 Å². The SMILES string of the molecule is Cc1cc(C(=O)N2CCOCC2)ccc1-c1cnc(N)c(-c2ccc(O)cc2)n1. The molecule has 0 atom stereocenters. The van der Waals surface area contributed by atoms with Crippen molar-refractivity contribution in [3.8, 4) is 28.3 Å². The van der Waals surface area contributed by atoms with Gasteiger partial charge in [0.25, 0.3) is 5.91 Å². The van der Waals surface area contributed by atoms with Gasteiger partial charge in [-0.15, -0.1) is 0 Å². The molecule has 1 aliphatic heterocycles. The number of nitrogens with two attached hydrogens (primary N) is 1. The average Bonchev–Trinajstić information content (AvgIpc) is 2.75. The van der Waals surface area contributed by atoms with Gasteiger partial charge in [0.15, 0.2) is 0 Å². The Balaban J connectivity index is 1.65. The summed E-state index contributed by atoms with van der Waals surface area (Å²) in [5.74, 6) is 0.500. The molecule has 4 rings (SSSR count). The Hall–Kier alpha value is -3.45. The molecule has 1 aliphatic rings. The van der Waals surface area contributed by atoms with Gasteiger partial charge in [0, 0.05) is 29.8 Å². The monoisotopic (exact) mass is 390 g/mol. The number of aromatic nitrogens is 2. The van der Waals surface area contributed by atoms with Crippen LogP contribution in [0.5, 0.6) is 5.75 Å². The van der Waals surface area contributed by atoms with Gasteiger partial charge in [-0.05, 0) is 48.9 Å². The summed E-state index contributed by atoms with van der Waals surface area (Å²) in [4.78, 5) is 23.5. The summed E-state index contributed by atoms with van der Waals surface area (Å²) in [6.45, 7) is 4.32. The molecule has 0 radical (unpaired) electrons. The molecule has 3 N–H and O–H groups in total. The number of rotatable bonds is 3. The molecule has 0 bridgehead atoms. The second kappa shape index (κ2) is 7.89. The summed E-state index contributed by atoms with van der Waals surface area (Å²) < 4.78 is 5.32. The number of ether oxygens (including phenoxy) is 1. The van der Waals surface area contributed by atoms with Crippen LogP contribution >= 0.6 is 0 Å². The number of carbonyl (C=O) groups is 1. The maximum Gasteiger partial charge on any atom is 0.254 e. The number of amides is 1. The number of benzene rings is 2. The zero-order valence-electron chi connectivity index (χ0n) is 16.1. The average molecular weight is 390 g/mol. The third-order valence-electron chi connectivity index (χ3n) is 4.99. The number of carbonyl (C=O) groups excluding carboxylic acids is 1. The van der Waals surface area contributed by atoms with Gasteiger partial charge < -0.3 is 20.5 Å². The standard InChI is InChI=1S/C22H22N4O3/c1-14-12-16(22(28)26-8-10-29-11-9-26)4-7-18(14)19-13-24-21(23)20(25-19)15-2-5-17(27)6-3-15/h2-7,12-13,27H,8-11H2,1H3,(H2,23,24). The molecule has 2 aromatic carbocycles. The number of nitrogens with zero attached hydrogens (tertiary/aromatic N) is 3. The number of aromatic hydroxyl groups is 1. The Labute approximate surface area is 168 Å². The lowest BCUT2D eigenvalue weighted by atomic mass is 10.0. The fourth-order valence-corrected chi connectivity index (χ4v) is 3.39. The van der Waals surface area contributed by atoms with E-state index in [1.165, 1.54) is 0 Å². The summed E-state index contributed by atoms with van der Waals surface area (Å²) >= 11 is 0. The van der Waals surface area contributed by atoms with E-state index >= 15 is 0 Å². The molecule has 0 aliphatic carbocycles. The maximum atomic E-state index is 12.7. The van der Waals surface area contributed by atoms with E-state index in [-0.39, 0.29) is 11.7 Å². The highest BCUT2D eigenvalue weighted by atomic mass is 16.5. The summed E-state index contributed by atoms with van der Waals surface area (Å²) in [6.07, 6.45) is 1.63. The van der Waals surface area contributed by atoms with Crippen molar-refractivity contribution in [2.24, 2.45) is 0 Å². The number of aryl methyl sites for hydroxylation is 1. The van der Waals surface area contributed by atoms with Gasteiger partial charge in [0.1, 0.15) is 17.3 Å². The van der Waals surface area contributed by atoms with E-state index in [4.69, 9.17) is 10.5 Å². The summed E-state index contributed by atoms with van der Waals surface area (Å²) in [5, 5.41) is 9.50. The molecule has 7 heteroatoms. The van der Waals surface area contributed by atoms with Crippen LogP contribution < -0.4 is 5.73 Å². The van der Waals surface area contributed by atoms with E-state index < -0.39 is 0 Å². The van der Waals surface area contributed by atoms with E-state index in [1.54, 1.807) is 30.5 Å². The number of phenols is 1. The number of phenolic OH excluding ortho intramolecular Hbond substituents is 1. The van der Waals surface area contributed by atoms with Crippen LogP contribution in [0.1, 0.15) is 15.9 Å². The van der Waals surface area contributed by atoms with E-state index in [9.17, 15) is 9.90 Å². The van der Waals surface area contributed by atoms with Crippen molar-refractivity contribution in [1.29, 1.82) is 0 Å². The first-order chi connectivity index (χ1) is 14.0. The Morgan fingerprint density at radius 2 is 1.86 bits per heavy atom. The highest BCUT2D eigenvalue weighted by Gasteiger charge is 2.19. The normalized spacial score (nSPS) is 14.0. The van der Waals surface area contributed by atoms with Gasteiger partial charge in [-0.3, -0.25) is 4.79 Å². The van der Waals surface area contributed by atoms with Gasteiger partial charge >= 0.3 is 0 Å². The van der Waals surface area contributed by atoms with Crippen LogP contribution in [0.15, 0.2) is 48.7 Å². The largest absolute Gasteiger partial charge is 0.508 e. The molecule has 0 spiro atoms. The van der Waals surface area contributed by atoms with Crippen molar-refractivity contribution in [2.75, 3.05) is 32.0 Å². The summed E-state index contributed by atoms with van der Waals surface area (Å²) in [7, 11) is 0. The molecule has 0 unspecified atom stereocenters. The van der Waals surface area contributed by atoms with Crippen LogP contribution in [0, 0.1) is 6.92 Å². The minimum absolute atomic E-state index is 0.0103. The molecule has 148 valence electrons. The first-order valence-electron chi connectivity index (χ1n) is 9.43. The smallest absolute Gasteiger partial charge is 0.254 e. The van der Waals surface area contributed by atoms with Gasteiger partial charge in [-0.25, -0.2) is 9.97 Å². The van der Waals surface area contributed by atoms with Crippen molar-refractivity contribution in [2.45, 2.75) is 6.92 Å². The predicted octanol–water partition coefficient (Wildman–Crippen LogP) is 2.88. The van der Waals surface area contributed by atoms with E-state index in [2.05, 4.69) is 9.97 Å². The first-order valence-corrected chi connectivity index (χ1v) is 9.43. The van der Waals surface area contributed by atoms with Crippen molar-refractivity contribution in [1.82, 2.24) is 14.9 Å². The molecule has 0 saturated carbocycles. The first kappa shape index (κ1) is 18.9. The minimum atomic E-state index is 0.0103.